The van der Waals surface area contributed by atoms with Crippen molar-refractivity contribution in [1.82, 2.24) is 0 Å². The summed E-state index contributed by atoms with van der Waals surface area (Å²) in [5.74, 6) is -0.0616. The zero-order valence-electron chi connectivity index (χ0n) is 24.1. The summed E-state index contributed by atoms with van der Waals surface area (Å²) in [5.41, 5.74) is 0. The lowest BCUT2D eigenvalue weighted by molar-refractivity contribution is -0.140. The van der Waals surface area contributed by atoms with E-state index in [-0.39, 0.29) is 5.97 Å². The molecular formula is C31H64O3. The van der Waals surface area contributed by atoms with Crippen LogP contribution in [-0.2, 0) is 14.3 Å². The fraction of sp³-hybridized carbons (Fsp3) is 0.968. The number of carbonyl (C=O) groups is 1. The van der Waals surface area contributed by atoms with Crippen LogP contribution in [-0.4, -0.2) is 26.3 Å². The Labute approximate surface area is 215 Å². The minimum atomic E-state index is -0.0616. The molecule has 0 aliphatic heterocycles. The summed E-state index contributed by atoms with van der Waals surface area (Å²) in [5, 5.41) is 0. The molecule has 0 spiro atoms. The van der Waals surface area contributed by atoms with Crippen LogP contribution in [0.3, 0.4) is 0 Å². The van der Waals surface area contributed by atoms with E-state index in [1.807, 2.05) is 13.8 Å². The summed E-state index contributed by atoms with van der Waals surface area (Å²) in [6, 6.07) is 0. The first-order valence-corrected chi connectivity index (χ1v) is 15.4. The van der Waals surface area contributed by atoms with Crippen LogP contribution in [0.2, 0.25) is 0 Å². The molecule has 0 atom stereocenters. The van der Waals surface area contributed by atoms with Crippen LogP contribution >= 0.6 is 0 Å². The molecule has 0 heterocycles. The molecule has 0 rings (SSSR count). The quantitative estimate of drug-likeness (QED) is 0.0904. The topological polar surface area (TPSA) is 35.5 Å². The predicted octanol–water partition coefficient (Wildman–Crippen LogP) is 10.6. The number of hydrogen-bond acceptors (Lipinski definition) is 3. The van der Waals surface area contributed by atoms with Crippen molar-refractivity contribution in [1.29, 1.82) is 0 Å². The Balaban J connectivity index is 0. The number of esters is 1. The highest BCUT2D eigenvalue weighted by Crippen LogP contribution is 2.15. The molecule has 0 radical (unpaired) electrons. The van der Waals surface area contributed by atoms with Crippen LogP contribution in [0.4, 0.5) is 0 Å². The van der Waals surface area contributed by atoms with Crippen molar-refractivity contribution in [2.45, 2.75) is 175 Å². The van der Waals surface area contributed by atoms with Crippen LogP contribution in [0.1, 0.15) is 175 Å². The molecule has 0 unspecified atom stereocenters. The van der Waals surface area contributed by atoms with Crippen molar-refractivity contribution in [2.75, 3.05) is 20.3 Å². The van der Waals surface area contributed by atoms with Crippen LogP contribution in [0.5, 0.6) is 0 Å². The van der Waals surface area contributed by atoms with E-state index in [0.717, 1.165) is 19.6 Å². The van der Waals surface area contributed by atoms with Gasteiger partial charge in [0.1, 0.15) is 0 Å². The summed E-state index contributed by atoms with van der Waals surface area (Å²) in [7, 11) is 1.47. The molecule has 0 bridgehead atoms. The van der Waals surface area contributed by atoms with Crippen molar-refractivity contribution in [3.63, 3.8) is 0 Å². The van der Waals surface area contributed by atoms with Crippen LogP contribution < -0.4 is 0 Å². The van der Waals surface area contributed by atoms with Crippen molar-refractivity contribution in [3.8, 4) is 0 Å². The summed E-state index contributed by atoms with van der Waals surface area (Å²) in [4.78, 5) is 11.0. The highest BCUT2D eigenvalue weighted by Gasteiger charge is 1.99. The van der Waals surface area contributed by atoms with Gasteiger partial charge < -0.3 is 9.47 Å². The zero-order chi connectivity index (χ0) is 25.4. The molecule has 34 heavy (non-hydrogen) atoms. The van der Waals surface area contributed by atoms with Gasteiger partial charge >= 0.3 is 5.97 Å². The third kappa shape index (κ3) is 36.0. The third-order valence-corrected chi connectivity index (χ3v) is 6.62. The second-order valence-corrected chi connectivity index (χ2v) is 9.89. The number of unbranched alkanes of at least 4 members (excludes halogenated alkanes) is 22. The van der Waals surface area contributed by atoms with E-state index >= 15 is 0 Å². The minimum Gasteiger partial charge on any atom is -0.469 e. The maximum Gasteiger partial charge on any atom is 0.305 e. The molecule has 0 amide bonds. The Hall–Kier alpha value is -0.570. The standard InChI is InChI=1S/C27H54O2.C4H10O/c1-3-4-5-6-7-8-9-10-11-12-13-14-15-16-17-18-19-20-21-22-23-24-25-26-27(28)29-2;1-3-5-4-2/h3-26H2,1-2H3;3-4H2,1-2H3. The van der Waals surface area contributed by atoms with Crippen molar-refractivity contribution in [2.24, 2.45) is 0 Å². The number of hydrogen-bond donors (Lipinski definition) is 0. The zero-order valence-corrected chi connectivity index (χ0v) is 24.1. The number of rotatable bonds is 26. The summed E-state index contributed by atoms with van der Waals surface area (Å²) < 4.78 is 9.49. The fourth-order valence-electron chi connectivity index (χ4n) is 4.36. The molecular weight excluding hydrogens is 420 g/mol. The monoisotopic (exact) mass is 484 g/mol. The molecule has 0 fully saturated rings. The molecule has 0 saturated carbocycles. The summed E-state index contributed by atoms with van der Waals surface area (Å²) in [6.07, 6.45) is 32.8. The van der Waals surface area contributed by atoms with Gasteiger partial charge in [-0.3, -0.25) is 4.79 Å². The lowest BCUT2D eigenvalue weighted by Crippen LogP contribution is -1.99. The molecule has 0 N–H and O–H groups in total. The third-order valence-electron chi connectivity index (χ3n) is 6.62. The Bertz CT molecular complexity index is 355. The highest BCUT2D eigenvalue weighted by atomic mass is 16.5. The predicted molar refractivity (Wildman–Crippen MR) is 151 cm³/mol. The molecule has 0 aromatic rings. The van der Waals surface area contributed by atoms with E-state index in [1.165, 1.54) is 148 Å². The first-order valence-electron chi connectivity index (χ1n) is 15.4. The molecule has 0 aliphatic carbocycles. The van der Waals surface area contributed by atoms with Gasteiger partial charge in [-0.15, -0.1) is 0 Å². The Morgan fingerprint density at radius 2 is 0.706 bits per heavy atom. The smallest absolute Gasteiger partial charge is 0.305 e. The van der Waals surface area contributed by atoms with Crippen molar-refractivity contribution >= 4 is 5.97 Å². The van der Waals surface area contributed by atoms with Crippen molar-refractivity contribution in [3.05, 3.63) is 0 Å². The summed E-state index contributed by atoms with van der Waals surface area (Å²) >= 11 is 0. The van der Waals surface area contributed by atoms with Gasteiger partial charge in [0.15, 0.2) is 0 Å². The van der Waals surface area contributed by atoms with Gasteiger partial charge in [0.25, 0.3) is 0 Å². The first kappa shape index (κ1) is 35.6. The number of carbonyl (C=O) groups excluding carboxylic acids is 1. The van der Waals surface area contributed by atoms with Gasteiger partial charge in [0, 0.05) is 19.6 Å². The molecule has 0 aromatic heterocycles. The number of methoxy groups -OCH3 is 1. The van der Waals surface area contributed by atoms with E-state index in [1.54, 1.807) is 0 Å². The maximum absolute atomic E-state index is 11.0. The van der Waals surface area contributed by atoms with Gasteiger partial charge in [-0.2, -0.15) is 0 Å². The normalized spacial score (nSPS) is 10.7. The molecule has 0 saturated heterocycles. The SMILES string of the molecule is CCCCCCCCCCCCCCCCCCCCCCCCCC(=O)OC.CCOCC. The lowest BCUT2D eigenvalue weighted by atomic mass is 10.0. The second-order valence-electron chi connectivity index (χ2n) is 9.89. The largest absolute Gasteiger partial charge is 0.469 e. The Morgan fingerprint density at radius 3 is 0.912 bits per heavy atom. The van der Waals surface area contributed by atoms with E-state index < -0.39 is 0 Å². The second kappa shape index (κ2) is 34.6. The van der Waals surface area contributed by atoms with Gasteiger partial charge in [-0.25, -0.2) is 0 Å². The Morgan fingerprint density at radius 1 is 0.441 bits per heavy atom. The lowest BCUT2D eigenvalue weighted by Gasteiger charge is -2.04. The molecule has 206 valence electrons. The van der Waals surface area contributed by atoms with Gasteiger partial charge in [-0.1, -0.05) is 148 Å². The molecule has 0 aliphatic rings. The van der Waals surface area contributed by atoms with E-state index in [9.17, 15) is 4.79 Å². The van der Waals surface area contributed by atoms with Crippen molar-refractivity contribution < 1.29 is 14.3 Å². The van der Waals surface area contributed by atoms with Gasteiger partial charge in [-0.05, 0) is 20.3 Å². The van der Waals surface area contributed by atoms with E-state index in [0.29, 0.717) is 6.42 Å². The van der Waals surface area contributed by atoms with E-state index in [2.05, 4.69) is 11.7 Å². The Kier molecular flexibility index (Phi) is 36.2. The van der Waals surface area contributed by atoms with Crippen LogP contribution in [0.15, 0.2) is 0 Å². The van der Waals surface area contributed by atoms with Gasteiger partial charge in [0.2, 0.25) is 0 Å². The highest BCUT2D eigenvalue weighted by molar-refractivity contribution is 5.68. The van der Waals surface area contributed by atoms with Crippen LogP contribution in [0, 0.1) is 0 Å². The maximum atomic E-state index is 11.0. The molecule has 3 heteroatoms. The molecule has 3 nitrogen and oxygen atoms in total. The molecule has 0 aromatic carbocycles. The average Bonchev–Trinajstić information content (AvgIpc) is 2.85. The van der Waals surface area contributed by atoms with E-state index in [4.69, 9.17) is 4.74 Å². The minimum absolute atomic E-state index is 0.0616. The van der Waals surface area contributed by atoms with Crippen LogP contribution in [0.25, 0.3) is 0 Å². The number of ether oxygens (including phenoxy) is 2. The first-order chi connectivity index (χ1) is 16.7. The fourth-order valence-corrected chi connectivity index (χ4v) is 4.36. The van der Waals surface area contributed by atoms with Gasteiger partial charge in [0.05, 0.1) is 7.11 Å². The summed E-state index contributed by atoms with van der Waals surface area (Å²) in [6.45, 7) is 7.96. The average molecular weight is 485 g/mol.